The van der Waals surface area contributed by atoms with Crippen molar-refractivity contribution in [1.29, 1.82) is 0 Å². The zero-order valence-corrected chi connectivity index (χ0v) is 12.4. The maximum Gasteiger partial charge on any atom is 0.281 e. The van der Waals surface area contributed by atoms with Gasteiger partial charge in [-0.1, -0.05) is 29.8 Å². The molecule has 104 valence electrons. The van der Waals surface area contributed by atoms with Gasteiger partial charge in [0, 0.05) is 16.1 Å². The second kappa shape index (κ2) is 5.63. The maximum absolute atomic E-state index is 12.4. The van der Waals surface area contributed by atoms with Crippen molar-refractivity contribution in [2.45, 2.75) is 0 Å². The average molecular weight is 316 g/mol. The standard InChI is InChI=1S/C15H10ClN3OS/c16-11-5-7-12(8-6-11)18-15(21)19-14(20)13-4-2-1-3-10(13)9-17-19/h1-9H,(H,18,21). The van der Waals surface area contributed by atoms with E-state index in [1.807, 2.05) is 18.2 Å². The number of rotatable bonds is 1. The van der Waals surface area contributed by atoms with E-state index < -0.39 is 0 Å². The van der Waals surface area contributed by atoms with Crippen LogP contribution in [0.4, 0.5) is 5.69 Å². The van der Waals surface area contributed by atoms with E-state index in [4.69, 9.17) is 23.8 Å². The second-order valence-electron chi connectivity index (χ2n) is 4.39. The molecule has 0 aliphatic heterocycles. The van der Waals surface area contributed by atoms with Crippen LogP contribution in [0, 0.1) is 0 Å². The number of nitrogens with zero attached hydrogens (tertiary/aromatic N) is 2. The largest absolute Gasteiger partial charge is 0.331 e. The van der Waals surface area contributed by atoms with E-state index in [1.165, 1.54) is 4.68 Å². The molecule has 0 amide bonds. The zero-order valence-electron chi connectivity index (χ0n) is 10.8. The average Bonchev–Trinajstić information content (AvgIpc) is 2.50. The Kier molecular flexibility index (Phi) is 3.68. The Morgan fingerprint density at radius 3 is 2.62 bits per heavy atom. The number of thiocarbonyl (C=S) groups is 1. The summed E-state index contributed by atoms with van der Waals surface area (Å²) in [6.45, 7) is 0. The third kappa shape index (κ3) is 2.79. The van der Waals surface area contributed by atoms with Gasteiger partial charge in [0.25, 0.3) is 5.56 Å². The number of anilines is 1. The predicted molar refractivity (Wildman–Crippen MR) is 89.1 cm³/mol. The van der Waals surface area contributed by atoms with Gasteiger partial charge in [0.1, 0.15) is 0 Å². The van der Waals surface area contributed by atoms with Crippen LogP contribution in [0.1, 0.15) is 0 Å². The fourth-order valence-electron chi connectivity index (χ4n) is 1.95. The molecule has 6 heteroatoms. The molecule has 0 fully saturated rings. The van der Waals surface area contributed by atoms with Crippen LogP contribution in [0.2, 0.25) is 5.02 Å². The molecule has 21 heavy (non-hydrogen) atoms. The molecule has 3 rings (SSSR count). The lowest BCUT2D eigenvalue weighted by Gasteiger charge is -2.09. The van der Waals surface area contributed by atoms with Gasteiger partial charge in [-0.15, -0.1) is 0 Å². The molecule has 0 aliphatic carbocycles. The highest BCUT2D eigenvalue weighted by atomic mass is 35.5. The molecule has 0 unspecified atom stereocenters. The summed E-state index contributed by atoms with van der Waals surface area (Å²) >= 11 is 11.1. The summed E-state index contributed by atoms with van der Waals surface area (Å²) in [6, 6.07) is 14.3. The lowest BCUT2D eigenvalue weighted by atomic mass is 10.2. The van der Waals surface area contributed by atoms with Crippen LogP contribution in [0.15, 0.2) is 59.5 Å². The summed E-state index contributed by atoms with van der Waals surface area (Å²) in [5.74, 6) is 0. The summed E-state index contributed by atoms with van der Waals surface area (Å²) in [6.07, 6.45) is 1.62. The van der Waals surface area contributed by atoms with E-state index >= 15 is 0 Å². The van der Waals surface area contributed by atoms with Crippen molar-refractivity contribution in [3.63, 3.8) is 0 Å². The zero-order chi connectivity index (χ0) is 14.8. The summed E-state index contributed by atoms with van der Waals surface area (Å²) in [7, 11) is 0. The number of aromatic nitrogens is 2. The monoisotopic (exact) mass is 315 g/mol. The fraction of sp³-hybridized carbons (Fsp3) is 0. The molecule has 3 aromatic rings. The van der Waals surface area contributed by atoms with Crippen LogP contribution in [0.5, 0.6) is 0 Å². The van der Waals surface area contributed by atoms with Gasteiger partial charge in [-0.05, 0) is 42.5 Å². The topological polar surface area (TPSA) is 46.9 Å². The number of hydrogen-bond acceptors (Lipinski definition) is 3. The first kappa shape index (κ1) is 13.7. The molecule has 0 saturated carbocycles. The van der Waals surface area contributed by atoms with E-state index in [9.17, 15) is 4.79 Å². The number of benzene rings is 2. The third-order valence-corrected chi connectivity index (χ3v) is 3.51. The quantitative estimate of drug-likeness (QED) is 0.700. The van der Waals surface area contributed by atoms with Crippen molar-refractivity contribution in [2.24, 2.45) is 0 Å². The van der Waals surface area contributed by atoms with E-state index in [0.717, 1.165) is 11.1 Å². The smallest absolute Gasteiger partial charge is 0.281 e. The molecule has 0 atom stereocenters. The SMILES string of the molecule is O=c1c2ccccc2cnn1C(=S)Nc1ccc(Cl)cc1. The van der Waals surface area contributed by atoms with Crippen molar-refractivity contribution in [2.75, 3.05) is 5.32 Å². The lowest BCUT2D eigenvalue weighted by molar-refractivity contribution is 0.880. The lowest BCUT2D eigenvalue weighted by Crippen LogP contribution is -2.32. The first-order chi connectivity index (χ1) is 10.1. The van der Waals surface area contributed by atoms with Crippen LogP contribution in [-0.2, 0) is 0 Å². The molecule has 1 aromatic heterocycles. The molecule has 4 nitrogen and oxygen atoms in total. The van der Waals surface area contributed by atoms with Crippen LogP contribution in [0.25, 0.3) is 10.8 Å². The number of fused-ring (bicyclic) bond motifs is 1. The maximum atomic E-state index is 12.4. The number of halogens is 1. The van der Waals surface area contributed by atoms with Crippen molar-refractivity contribution < 1.29 is 0 Å². The van der Waals surface area contributed by atoms with Crippen LogP contribution < -0.4 is 10.9 Å². The van der Waals surface area contributed by atoms with Crippen LogP contribution in [-0.4, -0.2) is 14.9 Å². The minimum absolute atomic E-state index is 0.216. The Morgan fingerprint density at radius 2 is 1.86 bits per heavy atom. The molecular formula is C15H10ClN3OS. The molecule has 0 spiro atoms. The third-order valence-electron chi connectivity index (χ3n) is 2.98. The highest BCUT2D eigenvalue weighted by Crippen LogP contribution is 2.13. The summed E-state index contributed by atoms with van der Waals surface area (Å²) in [5.41, 5.74) is 0.492. The van der Waals surface area contributed by atoms with Gasteiger partial charge in [-0.2, -0.15) is 9.78 Å². The van der Waals surface area contributed by atoms with Gasteiger partial charge in [0.15, 0.2) is 0 Å². The highest BCUT2D eigenvalue weighted by molar-refractivity contribution is 7.80. The van der Waals surface area contributed by atoms with E-state index in [0.29, 0.717) is 10.4 Å². The van der Waals surface area contributed by atoms with Gasteiger partial charge in [0.05, 0.1) is 11.6 Å². The number of hydrogen-bond donors (Lipinski definition) is 1. The molecule has 2 aromatic carbocycles. The van der Waals surface area contributed by atoms with Crippen molar-refractivity contribution in [3.8, 4) is 0 Å². The Balaban J connectivity index is 1.96. The molecule has 0 saturated heterocycles. The van der Waals surface area contributed by atoms with Crippen molar-refractivity contribution >= 4 is 45.4 Å². The Hall–Kier alpha value is -2.24. The molecule has 1 heterocycles. The molecule has 1 N–H and O–H groups in total. The normalized spacial score (nSPS) is 10.5. The molecule has 0 radical (unpaired) electrons. The summed E-state index contributed by atoms with van der Waals surface area (Å²) in [4.78, 5) is 12.4. The van der Waals surface area contributed by atoms with Crippen molar-refractivity contribution in [3.05, 3.63) is 70.1 Å². The summed E-state index contributed by atoms with van der Waals surface area (Å²) < 4.78 is 1.17. The number of nitrogens with one attached hydrogen (secondary N) is 1. The van der Waals surface area contributed by atoms with Gasteiger partial charge in [0.2, 0.25) is 5.11 Å². The Labute approximate surface area is 131 Å². The fourth-order valence-corrected chi connectivity index (χ4v) is 2.32. The first-order valence-electron chi connectivity index (χ1n) is 6.19. The Morgan fingerprint density at radius 1 is 1.14 bits per heavy atom. The van der Waals surface area contributed by atoms with E-state index in [2.05, 4.69) is 10.4 Å². The Bertz CT molecular complexity index is 874. The van der Waals surface area contributed by atoms with Crippen LogP contribution in [0.3, 0.4) is 0 Å². The van der Waals surface area contributed by atoms with E-state index in [-0.39, 0.29) is 10.7 Å². The highest BCUT2D eigenvalue weighted by Gasteiger charge is 2.08. The molecule has 0 bridgehead atoms. The first-order valence-corrected chi connectivity index (χ1v) is 6.98. The van der Waals surface area contributed by atoms with Gasteiger partial charge in [-0.3, -0.25) is 4.79 Å². The minimum Gasteiger partial charge on any atom is -0.331 e. The van der Waals surface area contributed by atoms with Gasteiger partial charge in [-0.25, -0.2) is 0 Å². The predicted octanol–water partition coefficient (Wildman–Crippen LogP) is 3.30. The molecular weight excluding hydrogens is 306 g/mol. The minimum atomic E-state index is -0.250. The van der Waals surface area contributed by atoms with Gasteiger partial charge >= 0.3 is 0 Å². The van der Waals surface area contributed by atoms with Crippen LogP contribution >= 0.6 is 23.8 Å². The van der Waals surface area contributed by atoms with Gasteiger partial charge < -0.3 is 5.32 Å². The molecule has 0 aliphatic rings. The van der Waals surface area contributed by atoms with Crippen molar-refractivity contribution in [1.82, 2.24) is 9.78 Å². The second-order valence-corrected chi connectivity index (χ2v) is 5.21. The van der Waals surface area contributed by atoms with E-state index in [1.54, 1.807) is 36.5 Å². The summed E-state index contributed by atoms with van der Waals surface area (Å²) in [5, 5.41) is 9.27.